The number of aliphatic hydroxyl groups excluding tert-OH is 2. The van der Waals surface area contributed by atoms with Crippen molar-refractivity contribution in [3.05, 3.63) is 16.7 Å². The molecule has 7 N–H and O–H groups in total. The van der Waals surface area contributed by atoms with Crippen molar-refractivity contribution in [2.75, 3.05) is 18.9 Å². The summed E-state index contributed by atoms with van der Waals surface area (Å²) in [6.45, 7) is 1.95. The third-order valence-electron chi connectivity index (χ3n) is 6.86. The number of hydrogen-bond donors (Lipinski definition) is 6. The molecule has 0 aromatic carbocycles. The van der Waals surface area contributed by atoms with E-state index in [2.05, 4.69) is 19.3 Å². The minimum absolute atomic E-state index is 0.147. The van der Waals surface area contributed by atoms with Gasteiger partial charge in [-0.1, -0.05) is 0 Å². The number of phosphoric ester groups is 2. The van der Waals surface area contributed by atoms with Crippen LogP contribution < -0.4 is 11.3 Å². The molecular formula is C24H33N5O20P2. The number of carbonyl (C=O) groups excluding carboxylic acids is 4. The molecule has 2 fully saturated rings. The lowest BCUT2D eigenvalue weighted by Crippen LogP contribution is -2.62. The lowest BCUT2D eigenvalue weighted by atomic mass is 9.98. The van der Waals surface area contributed by atoms with Gasteiger partial charge in [-0.2, -0.15) is 9.29 Å². The van der Waals surface area contributed by atoms with Crippen LogP contribution in [0.4, 0.5) is 5.95 Å². The molecule has 4 rings (SSSR count). The minimum Gasteiger partial charge on any atom is -0.463 e. The number of rotatable bonds is 13. The minimum atomic E-state index is -5.84. The Hall–Kier alpha value is -3.87. The van der Waals surface area contributed by atoms with Crippen molar-refractivity contribution in [2.45, 2.75) is 82.9 Å². The molecule has 2 unspecified atom stereocenters. The first kappa shape index (κ1) is 39.9. The summed E-state index contributed by atoms with van der Waals surface area (Å²) in [5, 5.41) is 21.1. The number of aromatic amines is 1. The van der Waals surface area contributed by atoms with E-state index in [1.807, 2.05) is 0 Å². The first-order valence-electron chi connectivity index (χ1n) is 14.4. The average molecular weight is 773 g/mol. The molecule has 2 aliphatic rings. The number of nitrogens with two attached hydrogens (primary N) is 1. The van der Waals surface area contributed by atoms with Crippen LogP contribution in [-0.4, -0.2) is 126 Å². The molecule has 0 bridgehead atoms. The summed E-state index contributed by atoms with van der Waals surface area (Å²) < 4.78 is 72.1. The Morgan fingerprint density at radius 2 is 1.49 bits per heavy atom. The van der Waals surface area contributed by atoms with E-state index in [0.29, 0.717) is 0 Å². The fourth-order valence-electron chi connectivity index (χ4n) is 4.97. The highest BCUT2D eigenvalue weighted by molar-refractivity contribution is 7.61. The van der Waals surface area contributed by atoms with Crippen LogP contribution in [0.15, 0.2) is 11.1 Å². The molecule has 11 atom stereocenters. The van der Waals surface area contributed by atoms with Gasteiger partial charge in [-0.3, -0.25) is 42.6 Å². The second-order valence-corrected chi connectivity index (χ2v) is 13.8. The first-order valence-corrected chi connectivity index (χ1v) is 17.4. The molecule has 25 nitrogen and oxygen atoms in total. The van der Waals surface area contributed by atoms with Crippen LogP contribution in [0.25, 0.3) is 11.2 Å². The summed E-state index contributed by atoms with van der Waals surface area (Å²) in [6, 6.07) is 0. The zero-order chi connectivity index (χ0) is 38.0. The lowest BCUT2D eigenvalue weighted by molar-refractivity contribution is -0.291. The molecule has 0 saturated carbocycles. The van der Waals surface area contributed by atoms with Gasteiger partial charge in [0.05, 0.1) is 12.9 Å². The first-order chi connectivity index (χ1) is 23.7. The number of nitrogens with one attached hydrogen (secondary N) is 1. The number of hydrogen-bond acceptors (Lipinski definition) is 21. The van der Waals surface area contributed by atoms with Crippen molar-refractivity contribution < 1.29 is 90.1 Å². The fourth-order valence-corrected chi connectivity index (χ4v) is 7.12. The zero-order valence-electron chi connectivity index (χ0n) is 26.8. The van der Waals surface area contributed by atoms with E-state index < -0.39 is 114 Å². The van der Waals surface area contributed by atoms with Crippen LogP contribution in [0.5, 0.6) is 0 Å². The molecule has 27 heteroatoms. The van der Waals surface area contributed by atoms with Gasteiger partial charge in [0.15, 0.2) is 35.7 Å². The summed E-state index contributed by atoms with van der Waals surface area (Å²) in [5.74, 6) is -4.25. The van der Waals surface area contributed by atoms with E-state index in [1.54, 1.807) is 0 Å². The SMILES string of the molecule is CC(=O)OC[C@H]1O[C@H](OP(=O)(O)OP(=O)(O)OC[C@H]2O[C@@H](n3cnc4c(=O)[nH]c(N)nc43)[C@H](O)[C@@H]2O)[C@@H](OC(C)=O)[C@@H](OC(C)=O)[C@@H]1OC(C)=O. The van der Waals surface area contributed by atoms with Crippen LogP contribution >= 0.6 is 15.6 Å². The van der Waals surface area contributed by atoms with Crippen LogP contribution in [0, 0.1) is 0 Å². The van der Waals surface area contributed by atoms with E-state index in [1.165, 1.54) is 0 Å². The monoisotopic (exact) mass is 773 g/mol. The molecule has 0 radical (unpaired) electrons. The number of esters is 4. The van der Waals surface area contributed by atoms with Gasteiger partial charge in [0.2, 0.25) is 12.2 Å². The maximum Gasteiger partial charge on any atom is 0.483 e. The predicted molar refractivity (Wildman–Crippen MR) is 158 cm³/mol. The second kappa shape index (κ2) is 15.8. The Kier molecular flexibility index (Phi) is 12.4. The van der Waals surface area contributed by atoms with E-state index in [-0.39, 0.29) is 17.1 Å². The summed E-state index contributed by atoms with van der Waals surface area (Å²) in [7, 11) is -11.5. The highest BCUT2D eigenvalue weighted by Crippen LogP contribution is 2.61. The van der Waals surface area contributed by atoms with Crippen molar-refractivity contribution in [3.8, 4) is 0 Å². The van der Waals surface area contributed by atoms with Crippen molar-refractivity contribution in [1.29, 1.82) is 0 Å². The summed E-state index contributed by atoms with van der Waals surface area (Å²) in [5.41, 5.74) is 4.50. The predicted octanol–water partition coefficient (Wildman–Crippen LogP) is -2.35. The molecule has 51 heavy (non-hydrogen) atoms. The highest BCUT2D eigenvalue weighted by Gasteiger charge is 2.55. The number of ether oxygens (including phenoxy) is 6. The van der Waals surface area contributed by atoms with Gasteiger partial charge >= 0.3 is 39.5 Å². The number of carbonyl (C=O) groups is 4. The van der Waals surface area contributed by atoms with E-state index in [9.17, 15) is 53.1 Å². The van der Waals surface area contributed by atoms with Crippen molar-refractivity contribution in [1.82, 2.24) is 19.5 Å². The Labute approximate surface area is 285 Å². The van der Waals surface area contributed by atoms with Crippen LogP contribution in [0.3, 0.4) is 0 Å². The molecule has 284 valence electrons. The van der Waals surface area contributed by atoms with Gasteiger partial charge in [-0.15, -0.1) is 0 Å². The number of imidazole rings is 1. The number of fused-ring (bicyclic) bond motifs is 1. The third kappa shape index (κ3) is 9.93. The molecule has 4 heterocycles. The number of aromatic nitrogens is 4. The standard InChI is InChI=1S/C24H33N5O20P2/c1-8(30)41-5-13-17(43-9(2)31)18(44-10(3)32)19(45-11(4)33)23(47-13)48-51(39,40)49-50(37,38)42-6-12-15(34)16(35)22(46-12)29-7-26-14-20(29)27-24(25)28-21(14)36/h7,12-13,15-19,22-23,34-35H,5-6H2,1-4H3,(H,37,38)(H,39,40)(H3,25,27,28,36)/t12-,13-,15-,16-,17-,18+,19+,22-,23-/m1/s1. The molecule has 2 aliphatic heterocycles. The number of phosphoric acid groups is 2. The van der Waals surface area contributed by atoms with Gasteiger partial charge in [0, 0.05) is 27.7 Å². The van der Waals surface area contributed by atoms with Crippen LogP contribution in [-0.2, 0) is 70.1 Å². The molecule has 0 aliphatic carbocycles. The molecule has 2 aromatic rings. The Bertz CT molecular complexity index is 1800. The van der Waals surface area contributed by atoms with Gasteiger partial charge in [-0.05, 0) is 0 Å². The van der Waals surface area contributed by atoms with Gasteiger partial charge in [0.25, 0.3) is 5.56 Å². The Morgan fingerprint density at radius 1 is 0.882 bits per heavy atom. The molecular weight excluding hydrogens is 740 g/mol. The quantitative estimate of drug-likeness (QED) is 0.0705. The fraction of sp³-hybridized carbons (Fsp3) is 0.625. The lowest BCUT2D eigenvalue weighted by Gasteiger charge is -2.43. The van der Waals surface area contributed by atoms with Gasteiger partial charge in [0.1, 0.15) is 31.0 Å². The Morgan fingerprint density at radius 3 is 2.10 bits per heavy atom. The topological polar surface area (TPSA) is 356 Å². The maximum atomic E-state index is 13.0. The third-order valence-corrected chi connectivity index (χ3v) is 9.46. The van der Waals surface area contributed by atoms with E-state index in [4.69, 9.17) is 43.2 Å². The second-order valence-electron chi connectivity index (χ2n) is 10.8. The van der Waals surface area contributed by atoms with E-state index >= 15 is 0 Å². The number of nitrogen functional groups attached to an aromatic ring is 1. The van der Waals surface area contributed by atoms with Gasteiger partial charge in [-0.25, -0.2) is 14.1 Å². The van der Waals surface area contributed by atoms with Crippen molar-refractivity contribution >= 4 is 56.6 Å². The Balaban J connectivity index is 1.50. The highest BCUT2D eigenvalue weighted by atomic mass is 31.3. The number of nitrogens with zero attached hydrogens (tertiary/aromatic N) is 3. The van der Waals surface area contributed by atoms with Crippen molar-refractivity contribution in [2.24, 2.45) is 0 Å². The van der Waals surface area contributed by atoms with E-state index in [0.717, 1.165) is 38.6 Å². The maximum absolute atomic E-state index is 13.0. The normalized spacial score (nSPS) is 30.2. The molecule has 2 aromatic heterocycles. The van der Waals surface area contributed by atoms with Gasteiger partial charge < -0.3 is 54.2 Å². The number of H-pyrrole nitrogens is 1. The number of anilines is 1. The molecule has 0 amide bonds. The van der Waals surface area contributed by atoms with Crippen LogP contribution in [0.1, 0.15) is 33.9 Å². The molecule has 0 spiro atoms. The average Bonchev–Trinajstić information content (AvgIpc) is 3.52. The zero-order valence-corrected chi connectivity index (χ0v) is 28.6. The van der Waals surface area contributed by atoms with Crippen LogP contribution in [0.2, 0.25) is 0 Å². The summed E-state index contributed by atoms with van der Waals surface area (Å²) in [4.78, 5) is 90.1. The van der Waals surface area contributed by atoms with Crippen molar-refractivity contribution in [3.63, 3.8) is 0 Å². The largest absolute Gasteiger partial charge is 0.483 e. The number of aliphatic hydroxyl groups is 2. The summed E-state index contributed by atoms with van der Waals surface area (Å²) >= 11 is 0. The molecule has 2 saturated heterocycles. The summed E-state index contributed by atoms with van der Waals surface area (Å²) in [6.07, 6.45) is -15.0. The smallest absolute Gasteiger partial charge is 0.463 e.